The molecule has 3 N–H and O–H groups in total. The number of nitrogens with two attached hydrogens (primary N) is 1. The molecule has 1 aliphatic carbocycles. The molecular formula is C7H13IN2. The lowest BCUT2D eigenvalue weighted by Crippen LogP contribution is -2.36. The minimum absolute atomic E-state index is 0.398. The van der Waals surface area contributed by atoms with Gasteiger partial charge < -0.3 is 5.73 Å². The summed E-state index contributed by atoms with van der Waals surface area (Å²) in [6.45, 7) is 2.23. The summed E-state index contributed by atoms with van der Waals surface area (Å²) in [5.41, 5.74) is 6.78. The van der Waals surface area contributed by atoms with E-state index in [2.05, 4.69) is 39.4 Å². The Bertz CT molecular complexity index is 145. The highest BCUT2D eigenvalue weighted by molar-refractivity contribution is 14.1. The molecule has 0 radical (unpaired) electrons. The maximum absolute atomic E-state index is 5.77. The molecule has 10 heavy (non-hydrogen) atoms. The number of rotatable bonds is 1. The van der Waals surface area contributed by atoms with E-state index in [0.717, 1.165) is 12.1 Å². The minimum Gasteiger partial charge on any atom is -0.401 e. The van der Waals surface area contributed by atoms with Crippen LogP contribution in [0.2, 0.25) is 0 Å². The fraction of sp³-hybridized carbons (Fsp3) is 0.714. The first-order valence-corrected chi connectivity index (χ1v) is 4.65. The normalized spacial score (nSPS) is 33.6. The van der Waals surface area contributed by atoms with Gasteiger partial charge in [-0.05, 0) is 18.8 Å². The Balaban J connectivity index is 2.63. The molecule has 0 bridgehead atoms. The van der Waals surface area contributed by atoms with Crippen molar-refractivity contribution in [3.05, 3.63) is 11.8 Å². The van der Waals surface area contributed by atoms with Crippen molar-refractivity contribution in [1.82, 2.24) is 3.53 Å². The fourth-order valence-electron chi connectivity index (χ4n) is 1.31. The predicted molar refractivity (Wildman–Crippen MR) is 51.6 cm³/mol. The Morgan fingerprint density at radius 1 is 1.80 bits per heavy atom. The maximum atomic E-state index is 5.77. The minimum atomic E-state index is 0.398. The van der Waals surface area contributed by atoms with E-state index in [1.807, 2.05) is 0 Å². The van der Waals surface area contributed by atoms with Crippen LogP contribution in [-0.4, -0.2) is 6.04 Å². The molecule has 3 heteroatoms. The van der Waals surface area contributed by atoms with Gasteiger partial charge in [0.15, 0.2) is 0 Å². The number of halogens is 1. The van der Waals surface area contributed by atoms with Crippen molar-refractivity contribution >= 4 is 22.9 Å². The summed E-state index contributed by atoms with van der Waals surface area (Å²) in [5.74, 6) is 0.682. The molecule has 58 valence electrons. The van der Waals surface area contributed by atoms with E-state index in [1.54, 1.807) is 0 Å². The molecule has 2 unspecified atom stereocenters. The van der Waals surface area contributed by atoms with Gasteiger partial charge in [-0.15, -0.1) is 0 Å². The SMILES string of the molecule is CC1CCC=C(N)C1NI. The quantitative estimate of drug-likeness (QED) is 0.549. The summed E-state index contributed by atoms with van der Waals surface area (Å²) < 4.78 is 3.18. The Hall–Kier alpha value is 0.230. The summed E-state index contributed by atoms with van der Waals surface area (Å²) in [7, 11) is 0. The summed E-state index contributed by atoms with van der Waals surface area (Å²) in [6, 6.07) is 0.398. The van der Waals surface area contributed by atoms with Gasteiger partial charge in [-0.2, -0.15) is 0 Å². The average Bonchev–Trinajstić information content (AvgIpc) is 1.88. The van der Waals surface area contributed by atoms with E-state index in [9.17, 15) is 0 Å². The molecular weight excluding hydrogens is 239 g/mol. The molecule has 0 aromatic rings. The highest BCUT2D eigenvalue weighted by atomic mass is 127. The fourth-order valence-corrected chi connectivity index (χ4v) is 2.28. The predicted octanol–water partition coefficient (Wildman–Crippen LogP) is 1.57. The van der Waals surface area contributed by atoms with Crippen LogP contribution in [0, 0.1) is 5.92 Å². The van der Waals surface area contributed by atoms with Crippen LogP contribution in [0.25, 0.3) is 0 Å². The molecule has 0 aromatic heterocycles. The van der Waals surface area contributed by atoms with Gasteiger partial charge in [0, 0.05) is 28.6 Å². The van der Waals surface area contributed by atoms with Crippen molar-refractivity contribution < 1.29 is 0 Å². The lowest BCUT2D eigenvalue weighted by atomic mass is 9.90. The van der Waals surface area contributed by atoms with Gasteiger partial charge in [-0.3, -0.25) is 3.53 Å². The third-order valence-corrected chi connectivity index (χ3v) is 2.72. The number of hydrogen-bond acceptors (Lipinski definition) is 2. The Morgan fingerprint density at radius 3 is 2.90 bits per heavy atom. The summed E-state index contributed by atoms with van der Waals surface area (Å²) in [5, 5.41) is 0. The zero-order valence-corrected chi connectivity index (χ0v) is 8.26. The third kappa shape index (κ3) is 1.63. The van der Waals surface area contributed by atoms with E-state index in [1.165, 1.54) is 6.42 Å². The first-order valence-electron chi connectivity index (χ1n) is 3.57. The molecule has 1 rings (SSSR count). The zero-order valence-electron chi connectivity index (χ0n) is 6.10. The van der Waals surface area contributed by atoms with Gasteiger partial charge in [-0.1, -0.05) is 13.0 Å². The van der Waals surface area contributed by atoms with Crippen LogP contribution in [0.1, 0.15) is 19.8 Å². The van der Waals surface area contributed by atoms with Crippen LogP contribution in [0.5, 0.6) is 0 Å². The monoisotopic (exact) mass is 252 g/mol. The second-order valence-electron chi connectivity index (χ2n) is 2.85. The zero-order chi connectivity index (χ0) is 7.56. The van der Waals surface area contributed by atoms with Gasteiger partial charge in [0.2, 0.25) is 0 Å². The van der Waals surface area contributed by atoms with Gasteiger partial charge in [-0.25, -0.2) is 0 Å². The van der Waals surface area contributed by atoms with Crippen LogP contribution in [-0.2, 0) is 0 Å². The van der Waals surface area contributed by atoms with Gasteiger partial charge in [0.25, 0.3) is 0 Å². The second-order valence-corrected chi connectivity index (χ2v) is 3.47. The van der Waals surface area contributed by atoms with Crippen molar-refractivity contribution in [2.75, 3.05) is 0 Å². The molecule has 1 aliphatic rings. The molecule has 0 saturated carbocycles. The summed E-state index contributed by atoms with van der Waals surface area (Å²) in [4.78, 5) is 0. The summed E-state index contributed by atoms with van der Waals surface area (Å²) in [6.07, 6.45) is 4.51. The van der Waals surface area contributed by atoms with Gasteiger partial charge >= 0.3 is 0 Å². The topological polar surface area (TPSA) is 38.0 Å². The molecule has 0 aromatic carbocycles. The Labute approximate surface area is 75.7 Å². The van der Waals surface area contributed by atoms with Crippen molar-refractivity contribution in [3.63, 3.8) is 0 Å². The van der Waals surface area contributed by atoms with E-state index < -0.39 is 0 Å². The molecule has 0 saturated heterocycles. The number of allylic oxidation sites excluding steroid dienone is 1. The lowest BCUT2D eigenvalue weighted by Gasteiger charge is -2.26. The van der Waals surface area contributed by atoms with E-state index >= 15 is 0 Å². The number of hydrogen-bond donors (Lipinski definition) is 2. The van der Waals surface area contributed by atoms with E-state index in [4.69, 9.17) is 5.73 Å². The lowest BCUT2D eigenvalue weighted by molar-refractivity contribution is 0.433. The Morgan fingerprint density at radius 2 is 2.50 bits per heavy atom. The van der Waals surface area contributed by atoms with Crippen LogP contribution < -0.4 is 9.26 Å². The third-order valence-electron chi connectivity index (χ3n) is 2.05. The molecule has 0 aliphatic heterocycles. The van der Waals surface area contributed by atoms with Crippen LogP contribution in [0.4, 0.5) is 0 Å². The first kappa shape index (κ1) is 8.33. The summed E-state index contributed by atoms with van der Waals surface area (Å²) >= 11 is 2.17. The van der Waals surface area contributed by atoms with Crippen LogP contribution >= 0.6 is 22.9 Å². The second kappa shape index (κ2) is 3.57. The van der Waals surface area contributed by atoms with Crippen molar-refractivity contribution in [3.8, 4) is 0 Å². The maximum Gasteiger partial charge on any atom is 0.0580 e. The Kier molecular flexibility index (Phi) is 2.97. The molecule has 0 spiro atoms. The largest absolute Gasteiger partial charge is 0.401 e. The molecule has 2 atom stereocenters. The van der Waals surface area contributed by atoms with Crippen molar-refractivity contribution in [2.24, 2.45) is 11.7 Å². The van der Waals surface area contributed by atoms with Crippen LogP contribution in [0.3, 0.4) is 0 Å². The van der Waals surface area contributed by atoms with Gasteiger partial charge in [0.1, 0.15) is 0 Å². The average molecular weight is 252 g/mol. The van der Waals surface area contributed by atoms with Gasteiger partial charge in [0.05, 0.1) is 6.04 Å². The highest BCUT2D eigenvalue weighted by Crippen LogP contribution is 2.21. The molecule has 0 heterocycles. The molecule has 2 nitrogen and oxygen atoms in total. The number of nitrogens with one attached hydrogen (secondary N) is 1. The van der Waals surface area contributed by atoms with Crippen molar-refractivity contribution in [1.29, 1.82) is 0 Å². The highest BCUT2D eigenvalue weighted by Gasteiger charge is 2.20. The van der Waals surface area contributed by atoms with Crippen LogP contribution in [0.15, 0.2) is 11.8 Å². The van der Waals surface area contributed by atoms with E-state index in [0.29, 0.717) is 12.0 Å². The molecule has 0 fully saturated rings. The first-order chi connectivity index (χ1) is 4.75. The standard InChI is InChI=1S/C7H13IN2/c1-5-3-2-4-6(9)7(5)10-8/h4-5,7,10H,2-3,9H2,1H3. The smallest absolute Gasteiger partial charge is 0.0580 e. The van der Waals surface area contributed by atoms with Crippen molar-refractivity contribution in [2.45, 2.75) is 25.8 Å². The molecule has 0 amide bonds. The van der Waals surface area contributed by atoms with E-state index in [-0.39, 0.29) is 0 Å².